The van der Waals surface area contributed by atoms with Gasteiger partial charge in [-0.25, -0.2) is 0 Å². The Bertz CT molecular complexity index is 363. The van der Waals surface area contributed by atoms with Gasteiger partial charge in [0.25, 0.3) is 0 Å². The Hall–Kier alpha value is -1.12. The molecule has 0 N–H and O–H groups in total. The van der Waals surface area contributed by atoms with Gasteiger partial charge in [0.05, 0.1) is 6.04 Å². The molecule has 3 nitrogen and oxygen atoms in total. The summed E-state index contributed by atoms with van der Waals surface area (Å²) in [5, 5.41) is 0. The number of rotatable bonds is 2. The van der Waals surface area contributed by atoms with Crippen molar-refractivity contribution in [2.24, 2.45) is 16.8 Å². The second-order valence-corrected chi connectivity index (χ2v) is 5.56. The van der Waals surface area contributed by atoms with E-state index in [1.807, 2.05) is 6.08 Å². The van der Waals surface area contributed by atoms with Crippen LogP contribution in [0.3, 0.4) is 0 Å². The first-order chi connectivity index (χ1) is 8.29. The predicted octanol–water partition coefficient (Wildman–Crippen LogP) is 2.03. The van der Waals surface area contributed by atoms with Gasteiger partial charge in [-0.2, -0.15) is 0 Å². The van der Waals surface area contributed by atoms with Crippen LogP contribution in [0.1, 0.15) is 32.1 Å². The normalized spacial score (nSPS) is 40.0. The summed E-state index contributed by atoms with van der Waals surface area (Å²) in [7, 11) is 0. The Morgan fingerprint density at radius 1 is 1.59 bits per heavy atom. The number of piperidine rings is 2. The lowest BCUT2D eigenvalue weighted by molar-refractivity contribution is -0.141. The van der Waals surface area contributed by atoms with Crippen LogP contribution in [0.25, 0.3) is 0 Å². The van der Waals surface area contributed by atoms with Crippen LogP contribution in [0.4, 0.5) is 0 Å². The van der Waals surface area contributed by atoms with E-state index in [0.29, 0.717) is 29.8 Å². The van der Waals surface area contributed by atoms with E-state index < -0.39 is 0 Å². The second-order valence-electron chi connectivity index (χ2n) is 5.56. The molecule has 2 saturated heterocycles. The molecule has 0 saturated carbocycles. The minimum Gasteiger partial charge on any atom is -0.339 e. The molecular formula is C14H20N2O. The maximum Gasteiger partial charge on any atom is 0.222 e. The van der Waals surface area contributed by atoms with Crippen molar-refractivity contribution in [3.05, 3.63) is 12.7 Å². The van der Waals surface area contributed by atoms with Crippen LogP contribution in [-0.2, 0) is 4.79 Å². The van der Waals surface area contributed by atoms with Crippen LogP contribution in [0.5, 0.6) is 0 Å². The number of hydrogen-bond donors (Lipinski definition) is 0. The highest BCUT2D eigenvalue weighted by Gasteiger charge is 2.43. The van der Waals surface area contributed by atoms with Crippen LogP contribution in [0.2, 0.25) is 0 Å². The summed E-state index contributed by atoms with van der Waals surface area (Å²) >= 11 is 0. The monoisotopic (exact) mass is 232 g/mol. The summed E-state index contributed by atoms with van der Waals surface area (Å²) in [5.41, 5.74) is 0. The molecule has 2 fully saturated rings. The van der Waals surface area contributed by atoms with Gasteiger partial charge in [0.15, 0.2) is 0 Å². The van der Waals surface area contributed by atoms with Crippen molar-refractivity contribution >= 4 is 12.1 Å². The predicted molar refractivity (Wildman–Crippen MR) is 68.0 cm³/mol. The first-order valence-electron chi connectivity index (χ1n) is 6.73. The van der Waals surface area contributed by atoms with Gasteiger partial charge in [-0.15, -0.1) is 6.58 Å². The van der Waals surface area contributed by atoms with Crippen LogP contribution < -0.4 is 0 Å². The highest BCUT2D eigenvalue weighted by molar-refractivity contribution is 5.79. The molecule has 0 spiro atoms. The van der Waals surface area contributed by atoms with Crippen LogP contribution >= 0.6 is 0 Å². The van der Waals surface area contributed by atoms with E-state index in [2.05, 4.69) is 22.7 Å². The summed E-state index contributed by atoms with van der Waals surface area (Å²) in [6, 6.07) is 0.806. The number of nitrogens with zero attached hydrogens (tertiary/aromatic N) is 2. The highest BCUT2D eigenvalue weighted by atomic mass is 16.2. The van der Waals surface area contributed by atoms with Crippen molar-refractivity contribution in [3.63, 3.8) is 0 Å². The van der Waals surface area contributed by atoms with E-state index in [4.69, 9.17) is 0 Å². The molecule has 3 heterocycles. The Balaban J connectivity index is 1.83. The summed E-state index contributed by atoms with van der Waals surface area (Å²) in [6.07, 6.45) is 9.22. The van der Waals surface area contributed by atoms with E-state index in [9.17, 15) is 4.79 Å². The van der Waals surface area contributed by atoms with Crippen molar-refractivity contribution in [1.29, 1.82) is 0 Å². The smallest absolute Gasteiger partial charge is 0.222 e. The standard InChI is InChI=1S/C14H20N2O/c1-2-4-12-11-7-10(8-15-12)13-5-3-6-14(17)16(13)9-11/h2,8,10-13H,1,3-7,9H2/t10-,11-,12-,13+/m0/s1. The number of fused-ring (bicyclic) bond motifs is 4. The molecule has 2 bridgehead atoms. The fourth-order valence-electron chi connectivity index (χ4n) is 3.67. The first kappa shape index (κ1) is 11.0. The van der Waals surface area contributed by atoms with E-state index in [1.165, 1.54) is 12.8 Å². The molecule has 0 aliphatic carbocycles. The molecule has 0 aromatic rings. The molecule has 3 rings (SSSR count). The molecule has 1 amide bonds. The molecule has 0 unspecified atom stereocenters. The van der Waals surface area contributed by atoms with Gasteiger partial charge in [0.1, 0.15) is 0 Å². The molecule has 0 aromatic carbocycles. The Morgan fingerprint density at radius 3 is 3.29 bits per heavy atom. The molecule has 17 heavy (non-hydrogen) atoms. The van der Waals surface area contributed by atoms with Gasteiger partial charge >= 0.3 is 0 Å². The minimum absolute atomic E-state index is 0.361. The minimum atomic E-state index is 0.361. The van der Waals surface area contributed by atoms with E-state index in [1.54, 1.807) is 0 Å². The third kappa shape index (κ3) is 1.81. The summed E-state index contributed by atoms with van der Waals surface area (Å²) in [5.74, 6) is 1.43. The van der Waals surface area contributed by atoms with Crippen LogP contribution in [-0.4, -0.2) is 35.7 Å². The Morgan fingerprint density at radius 2 is 2.47 bits per heavy atom. The number of carbonyl (C=O) groups is 1. The molecule has 3 aliphatic heterocycles. The largest absolute Gasteiger partial charge is 0.339 e. The topological polar surface area (TPSA) is 32.7 Å². The summed E-state index contributed by atoms with van der Waals surface area (Å²) in [4.78, 5) is 18.8. The number of amides is 1. The van der Waals surface area contributed by atoms with E-state index in [0.717, 1.165) is 25.8 Å². The van der Waals surface area contributed by atoms with Gasteiger partial charge in [0.2, 0.25) is 5.91 Å². The molecule has 3 heteroatoms. The lowest BCUT2D eigenvalue weighted by Crippen LogP contribution is -2.57. The zero-order valence-corrected chi connectivity index (χ0v) is 10.2. The Labute approximate surface area is 103 Å². The van der Waals surface area contributed by atoms with Crippen LogP contribution in [0, 0.1) is 11.8 Å². The average molecular weight is 232 g/mol. The fraction of sp³-hybridized carbons (Fsp3) is 0.714. The summed E-state index contributed by atoms with van der Waals surface area (Å²) in [6.45, 7) is 4.73. The lowest BCUT2D eigenvalue weighted by Gasteiger charge is -2.49. The van der Waals surface area contributed by atoms with Gasteiger partial charge in [-0.1, -0.05) is 6.08 Å². The lowest BCUT2D eigenvalue weighted by atomic mass is 9.74. The zero-order chi connectivity index (χ0) is 11.8. The highest BCUT2D eigenvalue weighted by Crippen LogP contribution is 2.38. The Kier molecular flexibility index (Phi) is 2.77. The third-order valence-electron chi connectivity index (χ3n) is 4.53. The zero-order valence-electron chi connectivity index (χ0n) is 10.2. The molecule has 3 aliphatic rings. The van der Waals surface area contributed by atoms with Crippen LogP contribution in [0.15, 0.2) is 17.6 Å². The number of carbonyl (C=O) groups excluding carboxylic acids is 1. The molecule has 4 atom stereocenters. The van der Waals surface area contributed by atoms with Gasteiger partial charge in [0, 0.05) is 31.1 Å². The fourth-order valence-corrected chi connectivity index (χ4v) is 3.67. The number of hydrogen-bond acceptors (Lipinski definition) is 2. The van der Waals surface area contributed by atoms with Crippen molar-refractivity contribution in [1.82, 2.24) is 4.90 Å². The maximum atomic E-state index is 12.0. The quantitative estimate of drug-likeness (QED) is 0.670. The number of aliphatic imine (C=N–C) groups is 1. The van der Waals surface area contributed by atoms with E-state index in [-0.39, 0.29) is 0 Å². The molecular weight excluding hydrogens is 212 g/mol. The van der Waals surface area contributed by atoms with E-state index >= 15 is 0 Å². The maximum absolute atomic E-state index is 12.0. The van der Waals surface area contributed by atoms with Crippen molar-refractivity contribution in [2.45, 2.75) is 44.2 Å². The third-order valence-corrected chi connectivity index (χ3v) is 4.53. The van der Waals surface area contributed by atoms with Crippen molar-refractivity contribution in [2.75, 3.05) is 6.54 Å². The average Bonchev–Trinajstić information content (AvgIpc) is 2.34. The second kappa shape index (κ2) is 4.28. The van der Waals surface area contributed by atoms with Crippen molar-refractivity contribution in [3.8, 4) is 0 Å². The first-order valence-corrected chi connectivity index (χ1v) is 6.73. The summed E-state index contributed by atoms with van der Waals surface area (Å²) < 4.78 is 0. The SMILES string of the molecule is C=CC[C@@H]1N=C[C@@H]2C[C@H]1CN1C(=O)CCC[C@H]21. The van der Waals surface area contributed by atoms with Gasteiger partial charge in [-0.3, -0.25) is 9.79 Å². The van der Waals surface area contributed by atoms with Crippen molar-refractivity contribution < 1.29 is 4.79 Å². The van der Waals surface area contributed by atoms with Gasteiger partial charge < -0.3 is 4.90 Å². The molecule has 0 radical (unpaired) electrons. The molecule has 0 aromatic heterocycles. The van der Waals surface area contributed by atoms with Gasteiger partial charge in [-0.05, 0) is 31.6 Å². The molecule has 92 valence electrons.